The minimum Gasteiger partial charge on any atom is -0.335 e. The van der Waals surface area contributed by atoms with Gasteiger partial charge in [-0.1, -0.05) is 25.7 Å². The van der Waals surface area contributed by atoms with E-state index in [2.05, 4.69) is 5.32 Å². The number of sulfone groups is 1. The van der Waals surface area contributed by atoms with Gasteiger partial charge in [-0.15, -0.1) is 0 Å². The van der Waals surface area contributed by atoms with Crippen LogP contribution in [0.2, 0.25) is 0 Å². The van der Waals surface area contributed by atoms with E-state index < -0.39 is 9.84 Å². The Morgan fingerprint density at radius 3 is 2.30 bits per heavy atom. The summed E-state index contributed by atoms with van der Waals surface area (Å²) < 4.78 is 23.1. The highest BCUT2D eigenvalue weighted by atomic mass is 32.2. The molecule has 0 radical (unpaired) electrons. The fourth-order valence-corrected chi connectivity index (χ4v) is 5.00. The molecule has 2 amide bonds. The van der Waals surface area contributed by atoms with Crippen molar-refractivity contribution in [1.29, 1.82) is 0 Å². The van der Waals surface area contributed by atoms with Crippen LogP contribution in [0.5, 0.6) is 0 Å². The van der Waals surface area contributed by atoms with E-state index in [4.69, 9.17) is 0 Å². The van der Waals surface area contributed by atoms with Crippen molar-refractivity contribution in [2.75, 3.05) is 18.1 Å². The van der Waals surface area contributed by atoms with Crippen LogP contribution in [0.3, 0.4) is 0 Å². The Bertz CT molecular complexity index is 428. The van der Waals surface area contributed by atoms with Gasteiger partial charge in [-0.25, -0.2) is 13.2 Å². The summed E-state index contributed by atoms with van der Waals surface area (Å²) in [6, 6.07) is 0.0364. The third-order valence-corrected chi connectivity index (χ3v) is 6.18. The molecule has 1 aliphatic heterocycles. The fourth-order valence-electron chi connectivity index (χ4n) is 3.27. The summed E-state index contributed by atoms with van der Waals surface area (Å²) in [5.74, 6) is 0.337. The van der Waals surface area contributed by atoms with Crippen LogP contribution >= 0.6 is 0 Å². The lowest BCUT2D eigenvalue weighted by Gasteiger charge is -2.29. The average Bonchev–Trinajstić information content (AvgIpc) is 2.61. The molecule has 0 aromatic heterocycles. The minimum atomic E-state index is -2.94. The third-order valence-electron chi connectivity index (χ3n) is 4.43. The zero-order chi connectivity index (χ0) is 14.6. The van der Waals surface area contributed by atoms with Crippen molar-refractivity contribution in [1.82, 2.24) is 10.2 Å². The Morgan fingerprint density at radius 1 is 1.15 bits per heavy atom. The summed E-state index contributed by atoms with van der Waals surface area (Å²) in [7, 11) is -2.94. The number of hydrogen-bond acceptors (Lipinski definition) is 3. The first-order valence-corrected chi connectivity index (χ1v) is 9.61. The zero-order valence-corrected chi connectivity index (χ0v) is 13.1. The van der Waals surface area contributed by atoms with Gasteiger partial charge < -0.3 is 10.2 Å². The molecule has 1 N–H and O–H groups in total. The average molecular weight is 302 g/mol. The smallest absolute Gasteiger partial charge is 0.317 e. The quantitative estimate of drug-likeness (QED) is 0.810. The summed E-state index contributed by atoms with van der Waals surface area (Å²) in [5, 5.41) is 3.11. The van der Waals surface area contributed by atoms with E-state index >= 15 is 0 Å². The highest BCUT2D eigenvalue weighted by molar-refractivity contribution is 7.91. The van der Waals surface area contributed by atoms with Crippen molar-refractivity contribution in [2.45, 2.75) is 64.0 Å². The van der Waals surface area contributed by atoms with E-state index in [1.807, 2.05) is 6.92 Å². The van der Waals surface area contributed by atoms with Crippen LogP contribution in [0.25, 0.3) is 0 Å². The van der Waals surface area contributed by atoms with Crippen molar-refractivity contribution in [2.24, 2.45) is 0 Å². The lowest BCUT2D eigenvalue weighted by Crippen LogP contribution is -2.49. The molecule has 6 heteroatoms. The molecule has 116 valence electrons. The number of carbonyl (C=O) groups is 1. The number of urea groups is 1. The molecule has 1 unspecified atom stereocenters. The predicted octanol–water partition coefficient (Wildman–Crippen LogP) is 1.93. The first-order chi connectivity index (χ1) is 9.52. The maximum absolute atomic E-state index is 12.4. The van der Waals surface area contributed by atoms with Crippen LogP contribution in [-0.2, 0) is 9.84 Å². The molecule has 0 spiro atoms. The highest BCUT2D eigenvalue weighted by Gasteiger charge is 2.34. The van der Waals surface area contributed by atoms with Crippen LogP contribution in [-0.4, -0.2) is 49.5 Å². The van der Waals surface area contributed by atoms with E-state index in [0.717, 1.165) is 12.8 Å². The van der Waals surface area contributed by atoms with Crippen LogP contribution in [0, 0.1) is 0 Å². The Kier molecular flexibility index (Phi) is 5.29. The standard InChI is InChI=1S/C14H26N2O3S/c1-2-16(13-9-10-20(18,19)11-13)14(17)15-12-7-5-3-4-6-8-12/h12-13H,2-11H2,1H3,(H,15,17). The summed E-state index contributed by atoms with van der Waals surface area (Å²) >= 11 is 0. The summed E-state index contributed by atoms with van der Waals surface area (Å²) in [6.45, 7) is 2.48. The molecule has 1 heterocycles. The summed E-state index contributed by atoms with van der Waals surface area (Å²) in [5.41, 5.74) is 0. The Labute approximate surface area is 122 Å². The van der Waals surface area contributed by atoms with Gasteiger partial charge in [-0.05, 0) is 26.2 Å². The number of hydrogen-bond donors (Lipinski definition) is 1. The Hall–Kier alpha value is -0.780. The highest BCUT2D eigenvalue weighted by Crippen LogP contribution is 2.20. The van der Waals surface area contributed by atoms with Gasteiger partial charge in [-0.2, -0.15) is 0 Å². The molecule has 1 aliphatic carbocycles. The van der Waals surface area contributed by atoms with Crippen molar-refractivity contribution in [3.05, 3.63) is 0 Å². The number of nitrogens with one attached hydrogen (secondary N) is 1. The topological polar surface area (TPSA) is 66.5 Å². The second kappa shape index (κ2) is 6.78. The molecule has 2 fully saturated rings. The van der Waals surface area contributed by atoms with Crippen LogP contribution < -0.4 is 5.32 Å². The summed E-state index contributed by atoms with van der Waals surface area (Å²) in [6.07, 6.45) is 7.53. The molecule has 20 heavy (non-hydrogen) atoms. The van der Waals surface area contributed by atoms with Crippen LogP contribution in [0.15, 0.2) is 0 Å². The van der Waals surface area contributed by atoms with Crippen molar-refractivity contribution in [3.8, 4) is 0 Å². The van der Waals surface area contributed by atoms with Gasteiger partial charge in [-0.3, -0.25) is 0 Å². The Balaban J connectivity index is 1.91. The summed E-state index contributed by atoms with van der Waals surface area (Å²) in [4.78, 5) is 14.1. The maximum Gasteiger partial charge on any atom is 0.317 e. The largest absolute Gasteiger partial charge is 0.335 e. The molecular formula is C14H26N2O3S. The minimum absolute atomic E-state index is 0.0819. The van der Waals surface area contributed by atoms with E-state index in [1.165, 1.54) is 25.7 Å². The van der Waals surface area contributed by atoms with Gasteiger partial charge in [0.1, 0.15) is 0 Å². The molecule has 0 aromatic rings. The first-order valence-electron chi connectivity index (χ1n) is 7.79. The molecule has 1 saturated heterocycles. The van der Waals surface area contributed by atoms with Crippen molar-refractivity contribution in [3.63, 3.8) is 0 Å². The van der Waals surface area contributed by atoms with E-state index in [-0.39, 0.29) is 29.6 Å². The van der Waals surface area contributed by atoms with Crippen molar-refractivity contribution < 1.29 is 13.2 Å². The van der Waals surface area contributed by atoms with E-state index in [1.54, 1.807) is 4.90 Å². The second-order valence-electron chi connectivity index (χ2n) is 5.98. The molecule has 5 nitrogen and oxygen atoms in total. The van der Waals surface area contributed by atoms with Gasteiger partial charge in [0, 0.05) is 18.6 Å². The molecule has 0 aromatic carbocycles. The van der Waals surface area contributed by atoms with Gasteiger partial charge in [0.25, 0.3) is 0 Å². The van der Waals surface area contributed by atoms with E-state index in [9.17, 15) is 13.2 Å². The zero-order valence-electron chi connectivity index (χ0n) is 12.3. The monoisotopic (exact) mass is 302 g/mol. The van der Waals surface area contributed by atoms with Crippen LogP contribution in [0.1, 0.15) is 51.9 Å². The Morgan fingerprint density at radius 2 is 1.80 bits per heavy atom. The maximum atomic E-state index is 12.4. The molecular weight excluding hydrogens is 276 g/mol. The van der Waals surface area contributed by atoms with Crippen molar-refractivity contribution >= 4 is 15.9 Å². The van der Waals surface area contributed by atoms with Gasteiger partial charge in [0.05, 0.1) is 11.5 Å². The van der Waals surface area contributed by atoms with Gasteiger partial charge in [0.15, 0.2) is 9.84 Å². The lowest BCUT2D eigenvalue weighted by molar-refractivity contribution is 0.178. The van der Waals surface area contributed by atoms with E-state index in [0.29, 0.717) is 13.0 Å². The molecule has 1 atom stereocenters. The van der Waals surface area contributed by atoms with Crippen LogP contribution in [0.4, 0.5) is 4.79 Å². The predicted molar refractivity (Wildman–Crippen MR) is 79.5 cm³/mol. The third kappa shape index (κ3) is 4.11. The number of amides is 2. The molecule has 2 aliphatic rings. The fraction of sp³-hybridized carbons (Fsp3) is 0.929. The van der Waals surface area contributed by atoms with Gasteiger partial charge >= 0.3 is 6.03 Å². The SMILES string of the molecule is CCN(C(=O)NC1CCCCCC1)C1CCS(=O)(=O)C1. The number of nitrogens with zero attached hydrogens (tertiary/aromatic N) is 1. The molecule has 0 bridgehead atoms. The number of rotatable bonds is 3. The van der Waals surface area contributed by atoms with Gasteiger partial charge in [0.2, 0.25) is 0 Å². The second-order valence-corrected chi connectivity index (χ2v) is 8.21. The lowest BCUT2D eigenvalue weighted by atomic mass is 10.1. The number of carbonyl (C=O) groups excluding carboxylic acids is 1. The normalized spacial score (nSPS) is 26.9. The molecule has 1 saturated carbocycles. The first kappa shape index (κ1) is 15.6. The molecule has 2 rings (SSSR count).